The number of hydrogen-bond donors (Lipinski definition) is 1. The molecule has 0 aliphatic heterocycles. The first-order valence-corrected chi connectivity index (χ1v) is 9.53. The first-order chi connectivity index (χ1) is 11.5. The number of halogens is 1. The van der Waals surface area contributed by atoms with Crippen LogP contribution in [-0.2, 0) is 6.54 Å². The van der Waals surface area contributed by atoms with Crippen LogP contribution >= 0.6 is 34.3 Å². The molecule has 3 heterocycles. The molecule has 1 N–H and O–H groups in total. The van der Waals surface area contributed by atoms with Gasteiger partial charge in [-0.25, -0.2) is 4.98 Å². The van der Waals surface area contributed by atoms with Gasteiger partial charge < -0.3 is 5.32 Å². The molecule has 0 radical (unpaired) electrons. The van der Waals surface area contributed by atoms with Gasteiger partial charge in [0.25, 0.3) is 5.91 Å². The summed E-state index contributed by atoms with van der Waals surface area (Å²) in [6.45, 7) is 5.31. The van der Waals surface area contributed by atoms with Crippen molar-refractivity contribution in [3.05, 3.63) is 45.5 Å². The maximum Gasteiger partial charge on any atom is 0.263 e. The lowest BCUT2D eigenvalue weighted by Crippen LogP contribution is -2.30. The van der Waals surface area contributed by atoms with Crippen molar-refractivity contribution in [3.8, 4) is 9.88 Å². The molecule has 3 aromatic heterocycles. The summed E-state index contributed by atoms with van der Waals surface area (Å²) < 4.78 is 2.59. The Bertz CT molecular complexity index is 825. The van der Waals surface area contributed by atoms with Crippen LogP contribution in [0.15, 0.2) is 30.6 Å². The summed E-state index contributed by atoms with van der Waals surface area (Å²) in [5.41, 5.74) is 0.747. The van der Waals surface area contributed by atoms with E-state index in [0.29, 0.717) is 11.4 Å². The van der Waals surface area contributed by atoms with Crippen LogP contribution in [0.2, 0.25) is 4.34 Å². The molecule has 0 saturated heterocycles. The fourth-order valence-electron chi connectivity index (χ4n) is 2.28. The van der Waals surface area contributed by atoms with E-state index in [4.69, 9.17) is 11.6 Å². The standard InChI is InChI=1S/C16H17ClN4OS2/c1-10(9-21-7-3-6-19-21)8-18-15(22)14-11(2)20-16(24-14)12-4-5-13(17)23-12/h3-7,10H,8-9H2,1-2H3,(H,18,22). The molecule has 1 atom stereocenters. The second-order valence-corrected chi connectivity index (χ2v) is 8.29. The second-order valence-electron chi connectivity index (χ2n) is 5.58. The van der Waals surface area contributed by atoms with Crippen LogP contribution < -0.4 is 5.32 Å². The largest absolute Gasteiger partial charge is 0.351 e. The molecule has 1 amide bonds. The Balaban J connectivity index is 1.61. The van der Waals surface area contributed by atoms with Crippen LogP contribution in [0.4, 0.5) is 0 Å². The van der Waals surface area contributed by atoms with Gasteiger partial charge in [-0.05, 0) is 31.0 Å². The molecule has 24 heavy (non-hydrogen) atoms. The van der Waals surface area contributed by atoms with Crippen molar-refractivity contribution in [2.24, 2.45) is 5.92 Å². The van der Waals surface area contributed by atoms with Crippen molar-refractivity contribution < 1.29 is 4.79 Å². The zero-order chi connectivity index (χ0) is 17.1. The molecule has 0 aromatic carbocycles. The zero-order valence-electron chi connectivity index (χ0n) is 13.3. The highest BCUT2D eigenvalue weighted by molar-refractivity contribution is 7.24. The monoisotopic (exact) mass is 380 g/mol. The SMILES string of the molecule is Cc1nc(-c2ccc(Cl)s2)sc1C(=O)NCC(C)Cn1cccn1. The number of hydrogen-bond acceptors (Lipinski definition) is 5. The number of thiazole rings is 1. The average molecular weight is 381 g/mol. The Hall–Kier alpha value is -1.70. The molecule has 0 aliphatic rings. The first kappa shape index (κ1) is 17.1. The van der Waals surface area contributed by atoms with Crippen LogP contribution in [0, 0.1) is 12.8 Å². The van der Waals surface area contributed by atoms with Crippen LogP contribution in [0.25, 0.3) is 9.88 Å². The highest BCUT2D eigenvalue weighted by Gasteiger charge is 2.17. The number of nitrogens with zero attached hydrogens (tertiary/aromatic N) is 3. The summed E-state index contributed by atoms with van der Waals surface area (Å²) in [5.74, 6) is 0.212. The summed E-state index contributed by atoms with van der Waals surface area (Å²) in [4.78, 5) is 18.6. The maximum atomic E-state index is 12.4. The molecule has 0 fully saturated rings. The van der Waals surface area contributed by atoms with Crippen molar-refractivity contribution >= 4 is 40.2 Å². The van der Waals surface area contributed by atoms with Gasteiger partial charge in [0.15, 0.2) is 0 Å². The number of carbonyl (C=O) groups is 1. The summed E-state index contributed by atoms with van der Waals surface area (Å²) in [7, 11) is 0. The minimum atomic E-state index is -0.0776. The molecule has 0 spiro atoms. The van der Waals surface area contributed by atoms with E-state index in [-0.39, 0.29) is 11.8 Å². The quantitative estimate of drug-likeness (QED) is 0.700. The van der Waals surface area contributed by atoms with Gasteiger partial charge in [0, 0.05) is 25.5 Å². The van der Waals surface area contributed by atoms with E-state index in [1.807, 2.05) is 36.0 Å². The van der Waals surface area contributed by atoms with E-state index in [9.17, 15) is 4.79 Å². The second kappa shape index (κ2) is 7.46. The van der Waals surface area contributed by atoms with Crippen LogP contribution in [-0.4, -0.2) is 27.2 Å². The third kappa shape index (κ3) is 4.03. The lowest BCUT2D eigenvalue weighted by atomic mass is 10.2. The number of amides is 1. The lowest BCUT2D eigenvalue weighted by Gasteiger charge is -2.12. The zero-order valence-corrected chi connectivity index (χ0v) is 15.7. The Kier molecular flexibility index (Phi) is 5.33. The number of aryl methyl sites for hydroxylation is 1. The molecular weight excluding hydrogens is 364 g/mol. The number of aromatic nitrogens is 3. The highest BCUT2D eigenvalue weighted by atomic mass is 35.5. The summed E-state index contributed by atoms with van der Waals surface area (Å²) in [6.07, 6.45) is 3.68. The van der Waals surface area contributed by atoms with Gasteiger partial charge >= 0.3 is 0 Å². The highest BCUT2D eigenvalue weighted by Crippen LogP contribution is 2.34. The molecule has 0 bridgehead atoms. The number of nitrogens with one attached hydrogen (secondary N) is 1. The minimum absolute atomic E-state index is 0.0776. The predicted molar refractivity (Wildman–Crippen MR) is 98.9 cm³/mol. The normalized spacial score (nSPS) is 12.3. The van der Waals surface area contributed by atoms with Gasteiger partial charge in [-0.15, -0.1) is 22.7 Å². The van der Waals surface area contributed by atoms with Crippen LogP contribution in [0.1, 0.15) is 22.3 Å². The van der Waals surface area contributed by atoms with E-state index in [1.165, 1.54) is 22.7 Å². The molecule has 8 heteroatoms. The molecule has 3 aromatic rings. The maximum absolute atomic E-state index is 12.4. The molecule has 0 aliphatic carbocycles. The molecular formula is C16H17ClN4OS2. The van der Waals surface area contributed by atoms with Crippen molar-refractivity contribution in [2.45, 2.75) is 20.4 Å². The van der Waals surface area contributed by atoms with Gasteiger partial charge in [-0.2, -0.15) is 5.10 Å². The van der Waals surface area contributed by atoms with E-state index in [0.717, 1.165) is 26.5 Å². The first-order valence-electron chi connectivity index (χ1n) is 7.51. The smallest absolute Gasteiger partial charge is 0.263 e. The number of rotatable bonds is 6. The minimum Gasteiger partial charge on any atom is -0.351 e. The molecule has 5 nitrogen and oxygen atoms in total. The van der Waals surface area contributed by atoms with Crippen molar-refractivity contribution in [1.82, 2.24) is 20.1 Å². The number of carbonyl (C=O) groups excluding carboxylic acids is 1. The van der Waals surface area contributed by atoms with Gasteiger partial charge in [0.1, 0.15) is 9.88 Å². The third-order valence-corrected chi connectivity index (χ3v) is 6.01. The predicted octanol–water partition coefficient (Wildman–Crippen LogP) is 4.10. The fraction of sp³-hybridized carbons (Fsp3) is 0.312. The molecule has 0 saturated carbocycles. The lowest BCUT2D eigenvalue weighted by molar-refractivity contribution is 0.0950. The Morgan fingerprint density at radius 2 is 2.25 bits per heavy atom. The summed E-state index contributed by atoms with van der Waals surface area (Å²) >= 11 is 8.84. The average Bonchev–Trinajstić information content (AvgIpc) is 3.26. The van der Waals surface area contributed by atoms with E-state index < -0.39 is 0 Å². The van der Waals surface area contributed by atoms with Gasteiger partial charge in [-0.3, -0.25) is 9.48 Å². The van der Waals surface area contributed by atoms with Crippen molar-refractivity contribution in [2.75, 3.05) is 6.54 Å². The molecule has 3 rings (SSSR count). The van der Waals surface area contributed by atoms with Gasteiger partial charge in [0.2, 0.25) is 0 Å². The fourth-order valence-corrected chi connectivity index (χ4v) is 4.36. The number of thiophene rings is 1. The van der Waals surface area contributed by atoms with Crippen molar-refractivity contribution in [3.63, 3.8) is 0 Å². The van der Waals surface area contributed by atoms with Crippen LogP contribution in [0.3, 0.4) is 0 Å². The topological polar surface area (TPSA) is 59.8 Å². The molecule has 1 unspecified atom stereocenters. The summed E-state index contributed by atoms with van der Waals surface area (Å²) in [6, 6.07) is 5.67. The Morgan fingerprint density at radius 3 is 2.92 bits per heavy atom. The van der Waals surface area contributed by atoms with E-state index in [1.54, 1.807) is 6.20 Å². The Morgan fingerprint density at radius 1 is 1.42 bits per heavy atom. The summed E-state index contributed by atoms with van der Waals surface area (Å²) in [5, 5.41) is 8.00. The Labute approximate surface area is 153 Å². The van der Waals surface area contributed by atoms with Crippen LogP contribution in [0.5, 0.6) is 0 Å². The third-order valence-electron chi connectivity index (χ3n) is 3.46. The molecule has 126 valence electrons. The van der Waals surface area contributed by atoms with E-state index in [2.05, 4.69) is 22.3 Å². The van der Waals surface area contributed by atoms with Gasteiger partial charge in [0.05, 0.1) is 14.9 Å². The van der Waals surface area contributed by atoms with E-state index >= 15 is 0 Å². The van der Waals surface area contributed by atoms with Crippen molar-refractivity contribution in [1.29, 1.82) is 0 Å². The van der Waals surface area contributed by atoms with Gasteiger partial charge in [-0.1, -0.05) is 18.5 Å².